The lowest BCUT2D eigenvalue weighted by atomic mass is 10.2. The van der Waals surface area contributed by atoms with E-state index in [9.17, 15) is 0 Å². The van der Waals surface area contributed by atoms with E-state index < -0.39 is 0 Å². The Balaban J connectivity index is 2.34. The first-order valence-corrected chi connectivity index (χ1v) is 7.85. The van der Waals surface area contributed by atoms with Crippen molar-refractivity contribution in [1.82, 2.24) is 9.97 Å². The van der Waals surface area contributed by atoms with Crippen molar-refractivity contribution >= 4 is 23.4 Å². The third kappa shape index (κ3) is 2.88. The molecule has 1 aliphatic rings. The van der Waals surface area contributed by atoms with E-state index in [-0.39, 0.29) is 0 Å². The Morgan fingerprint density at radius 3 is 2.56 bits per heavy atom. The molecule has 2 heterocycles. The smallest absolute Gasteiger partial charge is 0.137 e. The second-order valence-corrected chi connectivity index (χ2v) is 5.65. The number of aryl methyl sites for hydroxylation is 1. The van der Waals surface area contributed by atoms with Gasteiger partial charge in [-0.15, -0.1) is 0 Å². The molecule has 0 aliphatic carbocycles. The van der Waals surface area contributed by atoms with Gasteiger partial charge in [0.05, 0.1) is 0 Å². The maximum absolute atomic E-state index is 4.72. The van der Waals surface area contributed by atoms with Crippen LogP contribution in [0.4, 0.5) is 11.6 Å². The van der Waals surface area contributed by atoms with Crippen molar-refractivity contribution in [2.24, 2.45) is 0 Å². The van der Waals surface area contributed by atoms with Crippen LogP contribution in [0, 0.1) is 6.92 Å². The largest absolute Gasteiger partial charge is 0.370 e. The van der Waals surface area contributed by atoms with Crippen molar-refractivity contribution in [3.63, 3.8) is 0 Å². The number of rotatable bonds is 4. The van der Waals surface area contributed by atoms with Gasteiger partial charge in [0.15, 0.2) is 0 Å². The van der Waals surface area contributed by atoms with E-state index in [0.29, 0.717) is 0 Å². The fraction of sp³-hybridized carbons (Fsp3) is 0.692. The molecular formula is C13H22N4S. The van der Waals surface area contributed by atoms with Gasteiger partial charge in [-0.05, 0) is 13.8 Å². The molecule has 1 saturated heterocycles. The Hall–Kier alpha value is -0.970. The summed E-state index contributed by atoms with van der Waals surface area (Å²) in [7, 11) is 0. The number of nitrogens with one attached hydrogen (secondary N) is 1. The van der Waals surface area contributed by atoms with Gasteiger partial charge in [-0.3, -0.25) is 0 Å². The van der Waals surface area contributed by atoms with Crippen molar-refractivity contribution in [2.75, 3.05) is 41.4 Å². The predicted octanol–water partition coefficient (Wildman–Crippen LogP) is 2.33. The quantitative estimate of drug-likeness (QED) is 0.906. The van der Waals surface area contributed by atoms with E-state index in [1.54, 1.807) is 0 Å². The molecule has 1 fully saturated rings. The second-order valence-electron chi connectivity index (χ2n) is 4.42. The zero-order chi connectivity index (χ0) is 13.0. The number of thioether (sulfide) groups is 1. The molecule has 0 saturated carbocycles. The first-order valence-electron chi connectivity index (χ1n) is 6.70. The van der Waals surface area contributed by atoms with Crippen LogP contribution in [0.25, 0.3) is 0 Å². The van der Waals surface area contributed by atoms with E-state index in [0.717, 1.165) is 43.5 Å². The molecule has 1 aromatic rings. The van der Waals surface area contributed by atoms with Gasteiger partial charge in [-0.1, -0.05) is 6.92 Å². The lowest BCUT2D eigenvalue weighted by Crippen LogP contribution is -2.34. The fourth-order valence-electron chi connectivity index (χ4n) is 2.13. The highest BCUT2D eigenvalue weighted by Crippen LogP contribution is 2.25. The van der Waals surface area contributed by atoms with Gasteiger partial charge in [-0.25, -0.2) is 9.97 Å². The van der Waals surface area contributed by atoms with E-state index in [1.807, 2.05) is 11.8 Å². The van der Waals surface area contributed by atoms with Gasteiger partial charge in [0, 0.05) is 43.1 Å². The molecule has 1 N–H and O–H groups in total. The van der Waals surface area contributed by atoms with Gasteiger partial charge in [-0.2, -0.15) is 11.8 Å². The van der Waals surface area contributed by atoms with Crippen molar-refractivity contribution in [3.8, 4) is 0 Å². The number of anilines is 2. The summed E-state index contributed by atoms with van der Waals surface area (Å²) in [5.41, 5.74) is 1.18. The van der Waals surface area contributed by atoms with Crippen LogP contribution in [0.5, 0.6) is 0 Å². The molecule has 18 heavy (non-hydrogen) atoms. The predicted molar refractivity (Wildman–Crippen MR) is 79.8 cm³/mol. The molecule has 0 unspecified atom stereocenters. The van der Waals surface area contributed by atoms with Crippen LogP contribution < -0.4 is 10.2 Å². The highest BCUT2D eigenvalue weighted by Gasteiger charge is 2.18. The highest BCUT2D eigenvalue weighted by atomic mass is 32.2. The number of hydrogen-bond acceptors (Lipinski definition) is 5. The zero-order valence-corrected chi connectivity index (χ0v) is 12.3. The Morgan fingerprint density at radius 1 is 1.22 bits per heavy atom. The minimum Gasteiger partial charge on any atom is -0.370 e. The molecule has 1 aliphatic heterocycles. The molecule has 0 radical (unpaired) electrons. The van der Waals surface area contributed by atoms with Crippen LogP contribution in [-0.2, 0) is 6.42 Å². The third-order valence-electron chi connectivity index (χ3n) is 3.14. The van der Waals surface area contributed by atoms with E-state index in [1.165, 1.54) is 17.1 Å². The molecule has 100 valence electrons. The van der Waals surface area contributed by atoms with Gasteiger partial charge >= 0.3 is 0 Å². The molecule has 0 spiro atoms. The molecule has 2 rings (SSSR count). The average molecular weight is 266 g/mol. The van der Waals surface area contributed by atoms with Crippen LogP contribution in [0.15, 0.2) is 0 Å². The first-order chi connectivity index (χ1) is 8.76. The lowest BCUT2D eigenvalue weighted by molar-refractivity contribution is 0.810. The van der Waals surface area contributed by atoms with Gasteiger partial charge < -0.3 is 10.2 Å². The molecule has 1 aromatic heterocycles. The Bertz CT molecular complexity index is 402. The normalized spacial score (nSPS) is 15.8. The van der Waals surface area contributed by atoms with E-state index in [2.05, 4.69) is 36.0 Å². The summed E-state index contributed by atoms with van der Waals surface area (Å²) in [6.07, 6.45) is 0.883. The van der Waals surface area contributed by atoms with Gasteiger partial charge in [0.25, 0.3) is 0 Å². The molecular weight excluding hydrogens is 244 g/mol. The number of aromatic nitrogens is 2. The Labute approximate surface area is 114 Å². The molecule has 0 aromatic carbocycles. The summed E-state index contributed by atoms with van der Waals surface area (Å²) in [4.78, 5) is 11.7. The van der Waals surface area contributed by atoms with Crippen LogP contribution in [-0.4, -0.2) is 41.1 Å². The average Bonchev–Trinajstić information content (AvgIpc) is 2.42. The molecule has 5 heteroatoms. The molecule has 0 amide bonds. The molecule has 0 bridgehead atoms. The summed E-state index contributed by atoms with van der Waals surface area (Å²) in [6.45, 7) is 9.42. The maximum atomic E-state index is 4.72. The minimum atomic E-state index is 0.883. The summed E-state index contributed by atoms with van der Waals surface area (Å²) >= 11 is 2.02. The Morgan fingerprint density at radius 2 is 1.94 bits per heavy atom. The Kier molecular flexibility index (Phi) is 4.69. The van der Waals surface area contributed by atoms with Crippen LogP contribution in [0.3, 0.4) is 0 Å². The lowest BCUT2D eigenvalue weighted by Gasteiger charge is -2.29. The van der Waals surface area contributed by atoms with Crippen molar-refractivity contribution in [1.29, 1.82) is 0 Å². The topological polar surface area (TPSA) is 41.1 Å². The molecule has 0 atom stereocenters. The van der Waals surface area contributed by atoms with Gasteiger partial charge in [0.1, 0.15) is 17.5 Å². The SMILES string of the molecule is CCNc1nc(CC)nc(N2CCSCC2)c1C. The standard InChI is InChI=1S/C13H22N4S/c1-4-11-15-12(14-5-2)10(3)13(16-11)17-6-8-18-9-7-17/h4-9H2,1-3H3,(H,14,15,16). The molecule has 4 nitrogen and oxygen atoms in total. The van der Waals surface area contributed by atoms with E-state index >= 15 is 0 Å². The summed E-state index contributed by atoms with van der Waals surface area (Å²) in [6, 6.07) is 0. The van der Waals surface area contributed by atoms with Crippen molar-refractivity contribution < 1.29 is 0 Å². The fourth-order valence-corrected chi connectivity index (χ4v) is 3.03. The van der Waals surface area contributed by atoms with Crippen LogP contribution in [0.2, 0.25) is 0 Å². The first kappa shape index (κ1) is 13.5. The number of hydrogen-bond donors (Lipinski definition) is 1. The van der Waals surface area contributed by atoms with Crippen molar-refractivity contribution in [3.05, 3.63) is 11.4 Å². The monoisotopic (exact) mass is 266 g/mol. The third-order valence-corrected chi connectivity index (χ3v) is 4.08. The van der Waals surface area contributed by atoms with Gasteiger partial charge in [0.2, 0.25) is 0 Å². The van der Waals surface area contributed by atoms with E-state index in [4.69, 9.17) is 4.98 Å². The second kappa shape index (κ2) is 6.27. The van der Waals surface area contributed by atoms with Crippen molar-refractivity contribution in [2.45, 2.75) is 27.2 Å². The minimum absolute atomic E-state index is 0.883. The highest BCUT2D eigenvalue weighted by molar-refractivity contribution is 7.99. The summed E-state index contributed by atoms with van der Waals surface area (Å²) < 4.78 is 0. The zero-order valence-electron chi connectivity index (χ0n) is 11.5. The number of nitrogens with zero attached hydrogens (tertiary/aromatic N) is 3. The van der Waals surface area contributed by atoms with Crippen LogP contribution >= 0.6 is 11.8 Å². The maximum Gasteiger partial charge on any atom is 0.137 e. The summed E-state index contributed by atoms with van der Waals surface area (Å²) in [5.74, 6) is 5.45. The van der Waals surface area contributed by atoms with Crippen LogP contribution in [0.1, 0.15) is 25.2 Å². The summed E-state index contributed by atoms with van der Waals surface area (Å²) in [5, 5.41) is 3.35.